The van der Waals surface area contributed by atoms with E-state index < -0.39 is 10.0 Å². The van der Waals surface area contributed by atoms with Crippen molar-refractivity contribution in [1.82, 2.24) is 4.72 Å². The summed E-state index contributed by atoms with van der Waals surface area (Å²) in [5, 5.41) is 0. The van der Waals surface area contributed by atoms with Crippen LogP contribution in [0.5, 0.6) is 0 Å². The van der Waals surface area contributed by atoms with E-state index in [0.717, 1.165) is 0 Å². The van der Waals surface area contributed by atoms with Crippen LogP contribution in [0.2, 0.25) is 0 Å². The number of hydrogen-bond donors (Lipinski definition) is 1. The zero-order valence-corrected chi connectivity index (χ0v) is 11.2. The topological polar surface area (TPSA) is 55.4 Å². The molecule has 0 amide bonds. The van der Waals surface area contributed by atoms with Gasteiger partial charge in [0.1, 0.15) is 5.82 Å². The first-order valence-electron chi connectivity index (χ1n) is 5.77. The SMILES string of the molecule is Cc1cc(S(=O)(=O)N[C@@H]2CCOC2)cc(C)c1F. The number of benzene rings is 1. The number of nitrogens with one attached hydrogen (secondary N) is 1. The van der Waals surface area contributed by atoms with Crippen molar-refractivity contribution in [3.05, 3.63) is 29.1 Å². The van der Waals surface area contributed by atoms with Gasteiger partial charge in [-0.1, -0.05) is 0 Å². The zero-order valence-electron chi connectivity index (χ0n) is 10.4. The summed E-state index contributed by atoms with van der Waals surface area (Å²) in [6.45, 7) is 4.06. The fraction of sp³-hybridized carbons (Fsp3) is 0.500. The first-order chi connectivity index (χ1) is 8.40. The molecule has 1 saturated heterocycles. The first kappa shape index (κ1) is 13.5. The van der Waals surface area contributed by atoms with Gasteiger partial charge in [0.2, 0.25) is 10.0 Å². The van der Waals surface area contributed by atoms with E-state index >= 15 is 0 Å². The Morgan fingerprint density at radius 1 is 1.33 bits per heavy atom. The van der Waals surface area contributed by atoms with Crippen molar-refractivity contribution in [2.45, 2.75) is 31.2 Å². The van der Waals surface area contributed by atoms with Crippen LogP contribution in [0.3, 0.4) is 0 Å². The van der Waals surface area contributed by atoms with Crippen molar-refractivity contribution in [1.29, 1.82) is 0 Å². The molecule has 100 valence electrons. The van der Waals surface area contributed by atoms with Crippen LogP contribution in [0, 0.1) is 19.7 Å². The lowest BCUT2D eigenvalue weighted by atomic mass is 10.1. The first-order valence-corrected chi connectivity index (χ1v) is 7.25. The lowest BCUT2D eigenvalue weighted by molar-refractivity contribution is 0.192. The number of rotatable bonds is 3. The monoisotopic (exact) mass is 273 g/mol. The predicted octanol–water partition coefficient (Wildman–Crippen LogP) is 1.51. The summed E-state index contributed by atoms with van der Waals surface area (Å²) in [6, 6.07) is 2.50. The van der Waals surface area contributed by atoms with Gasteiger partial charge in [-0.3, -0.25) is 0 Å². The average Bonchev–Trinajstić information content (AvgIpc) is 2.77. The second-order valence-electron chi connectivity index (χ2n) is 4.55. The molecule has 1 heterocycles. The van der Waals surface area contributed by atoms with E-state index in [4.69, 9.17) is 4.74 Å². The maximum absolute atomic E-state index is 13.5. The van der Waals surface area contributed by atoms with Crippen molar-refractivity contribution in [2.24, 2.45) is 0 Å². The Morgan fingerprint density at radius 3 is 2.44 bits per heavy atom. The minimum Gasteiger partial charge on any atom is -0.380 e. The highest BCUT2D eigenvalue weighted by Gasteiger charge is 2.24. The number of hydrogen-bond acceptors (Lipinski definition) is 3. The van der Waals surface area contributed by atoms with Gasteiger partial charge in [0.05, 0.1) is 11.5 Å². The molecule has 1 atom stereocenters. The van der Waals surface area contributed by atoms with E-state index in [1.807, 2.05) is 0 Å². The summed E-state index contributed by atoms with van der Waals surface area (Å²) in [6.07, 6.45) is 0.665. The Labute approximate surface area is 106 Å². The minimum absolute atomic E-state index is 0.103. The maximum atomic E-state index is 13.5. The molecule has 1 aromatic carbocycles. The van der Waals surface area contributed by atoms with Crippen molar-refractivity contribution >= 4 is 10.0 Å². The Morgan fingerprint density at radius 2 is 1.94 bits per heavy atom. The second-order valence-corrected chi connectivity index (χ2v) is 6.27. The summed E-state index contributed by atoms with van der Waals surface area (Å²) in [5.41, 5.74) is 0.663. The summed E-state index contributed by atoms with van der Waals surface area (Å²) >= 11 is 0. The van der Waals surface area contributed by atoms with E-state index in [1.54, 1.807) is 13.8 Å². The Balaban J connectivity index is 2.29. The van der Waals surface area contributed by atoms with Crippen molar-refractivity contribution < 1.29 is 17.5 Å². The molecule has 1 aromatic rings. The molecule has 18 heavy (non-hydrogen) atoms. The summed E-state index contributed by atoms with van der Waals surface area (Å²) in [5.74, 6) is -0.363. The highest BCUT2D eigenvalue weighted by Crippen LogP contribution is 2.19. The number of aryl methyl sites for hydroxylation is 2. The molecule has 4 nitrogen and oxygen atoms in total. The molecule has 0 saturated carbocycles. The standard InChI is InChI=1S/C12H16FNO3S/c1-8-5-11(6-9(2)12(8)13)18(15,16)14-10-3-4-17-7-10/h5-6,10,14H,3-4,7H2,1-2H3/t10-/m1/s1. The minimum atomic E-state index is -3.60. The molecule has 0 aliphatic carbocycles. The quantitative estimate of drug-likeness (QED) is 0.908. The maximum Gasteiger partial charge on any atom is 0.240 e. The third-order valence-electron chi connectivity index (χ3n) is 2.97. The Hall–Kier alpha value is -0.980. The van der Waals surface area contributed by atoms with Gasteiger partial charge >= 0.3 is 0 Å². The van der Waals surface area contributed by atoms with Crippen LogP contribution in [0.25, 0.3) is 0 Å². The number of halogens is 1. The van der Waals surface area contributed by atoms with Gasteiger partial charge in [-0.05, 0) is 43.5 Å². The molecule has 2 rings (SSSR count). The Bertz CT molecular complexity index is 527. The molecule has 0 bridgehead atoms. The molecule has 0 unspecified atom stereocenters. The Kier molecular flexibility index (Phi) is 3.70. The molecule has 1 aliphatic rings. The van der Waals surface area contributed by atoms with Crippen LogP contribution < -0.4 is 4.72 Å². The molecule has 1 aliphatic heterocycles. The van der Waals surface area contributed by atoms with Gasteiger partial charge in [-0.25, -0.2) is 17.5 Å². The third-order valence-corrected chi connectivity index (χ3v) is 4.47. The average molecular weight is 273 g/mol. The largest absolute Gasteiger partial charge is 0.380 e. The highest BCUT2D eigenvalue weighted by atomic mass is 32.2. The van der Waals surface area contributed by atoms with Gasteiger partial charge in [0, 0.05) is 12.6 Å². The highest BCUT2D eigenvalue weighted by molar-refractivity contribution is 7.89. The van der Waals surface area contributed by atoms with Gasteiger partial charge in [-0.2, -0.15) is 0 Å². The van der Waals surface area contributed by atoms with Crippen LogP contribution in [0.15, 0.2) is 17.0 Å². The van der Waals surface area contributed by atoms with Crippen LogP contribution >= 0.6 is 0 Å². The zero-order chi connectivity index (χ0) is 13.3. The molecule has 1 fully saturated rings. The number of sulfonamides is 1. The van der Waals surface area contributed by atoms with Crippen LogP contribution in [-0.4, -0.2) is 27.7 Å². The molecule has 6 heteroatoms. The smallest absolute Gasteiger partial charge is 0.240 e. The van der Waals surface area contributed by atoms with Crippen LogP contribution in [-0.2, 0) is 14.8 Å². The van der Waals surface area contributed by atoms with Gasteiger partial charge < -0.3 is 4.74 Å². The van der Waals surface area contributed by atoms with E-state index in [2.05, 4.69) is 4.72 Å². The van der Waals surface area contributed by atoms with Gasteiger partial charge in [0.15, 0.2) is 0 Å². The van der Waals surface area contributed by atoms with Crippen molar-refractivity contribution in [2.75, 3.05) is 13.2 Å². The van der Waals surface area contributed by atoms with Crippen LogP contribution in [0.1, 0.15) is 17.5 Å². The molecule has 1 N–H and O–H groups in total. The lowest BCUT2D eigenvalue weighted by Crippen LogP contribution is -2.35. The van der Waals surface area contributed by atoms with E-state index in [9.17, 15) is 12.8 Å². The van der Waals surface area contributed by atoms with E-state index in [0.29, 0.717) is 30.8 Å². The summed E-state index contributed by atoms with van der Waals surface area (Å²) in [7, 11) is -3.60. The second kappa shape index (κ2) is 4.95. The fourth-order valence-electron chi connectivity index (χ4n) is 1.98. The fourth-order valence-corrected chi connectivity index (χ4v) is 3.40. The van der Waals surface area contributed by atoms with Gasteiger partial charge in [-0.15, -0.1) is 0 Å². The van der Waals surface area contributed by atoms with E-state index in [1.165, 1.54) is 12.1 Å². The molecule has 0 radical (unpaired) electrons. The van der Waals surface area contributed by atoms with E-state index in [-0.39, 0.29) is 16.8 Å². The molecule has 0 spiro atoms. The molecule has 0 aromatic heterocycles. The van der Waals surface area contributed by atoms with Crippen molar-refractivity contribution in [3.63, 3.8) is 0 Å². The summed E-state index contributed by atoms with van der Waals surface area (Å²) < 4.78 is 45.4. The third kappa shape index (κ3) is 2.71. The van der Waals surface area contributed by atoms with Crippen LogP contribution in [0.4, 0.5) is 4.39 Å². The lowest BCUT2D eigenvalue weighted by Gasteiger charge is -2.13. The number of ether oxygens (including phenoxy) is 1. The normalized spacial score (nSPS) is 20.3. The predicted molar refractivity (Wildman–Crippen MR) is 65.4 cm³/mol. The summed E-state index contributed by atoms with van der Waals surface area (Å²) in [4.78, 5) is 0.103. The van der Waals surface area contributed by atoms with Gasteiger partial charge in [0.25, 0.3) is 0 Å². The molecular weight excluding hydrogens is 257 g/mol. The van der Waals surface area contributed by atoms with Crippen molar-refractivity contribution in [3.8, 4) is 0 Å². The molecular formula is C12H16FNO3S.